The molecule has 0 aliphatic carbocycles. The third-order valence-electron chi connectivity index (χ3n) is 4.49. The van der Waals surface area contributed by atoms with Crippen molar-refractivity contribution in [1.82, 2.24) is 10.3 Å². The highest BCUT2D eigenvalue weighted by Gasteiger charge is 2.18. The predicted molar refractivity (Wildman–Crippen MR) is 110 cm³/mol. The van der Waals surface area contributed by atoms with Gasteiger partial charge in [0.25, 0.3) is 5.91 Å². The molecule has 1 atom stereocenters. The summed E-state index contributed by atoms with van der Waals surface area (Å²) in [4.78, 5) is 28.9. The maximum Gasteiger partial charge on any atom is 0.339 e. The molecule has 0 spiro atoms. The normalized spacial score (nSPS) is 12.1. The van der Waals surface area contributed by atoms with Crippen molar-refractivity contribution in [1.29, 1.82) is 0 Å². The molecule has 2 aromatic carbocycles. The van der Waals surface area contributed by atoms with Crippen LogP contribution in [0.1, 0.15) is 29.1 Å². The molecule has 2 heterocycles. The summed E-state index contributed by atoms with van der Waals surface area (Å²) in [6.45, 7) is 1.38. The van der Waals surface area contributed by atoms with Crippen molar-refractivity contribution in [2.45, 2.75) is 13.0 Å². The van der Waals surface area contributed by atoms with Gasteiger partial charge < -0.3 is 14.5 Å². The number of carbonyl (C=O) groups is 2. The minimum atomic E-state index is -0.642. The van der Waals surface area contributed by atoms with Crippen LogP contribution in [0.25, 0.3) is 21.9 Å². The van der Waals surface area contributed by atoms with Gasteiger partial charge in [-0.15, -0.1) is 0 Å². The Hall–Kier alpha value is -3.38. The molecule has 4 aromatic rings. The molecular formula is C22H17ClN2O4. The monoisotopic (exact) mass is 408 g/mol. The highest BCUT2D eigenvalue weighted by Crippen LogP contribution is 2.24. The van der Waals surface area contributed by atoms with E-state index in [4.69, 9.17) is 20.8 Å². The van der Waals surface area contributed by atoms with E-state index in [-0.39, 0.29) is 16.8 Å². The number of amides is 1. The zero-order valence-corrected chi connectivity index (χ0v) is 16.3. The van der Waals surface area contributed by atoms with Gasteiger partial charge in [-0.3, -0.25) is 4.79 Å². The number of furan rings is 1. The second-order valence-electron chi connectivity index (χ2n) is 6.56. The van der Waals surface area contributed by atoms with Gasteiger partial charge in [-0.25, -0.2) is 9.78 Å². The molecule has 0 saturated carbocycles. The number of pyridine rings is 1. The van der Waals surface area contributed by atoms with Crippen molar-refractivity contribution in [3.63, 3.8) is 0 Å². The molecule has 29 heavy (non-hydrogen) atoms. The molecule has 1 N–H and O–H groups in total. The van der Waals surface area contributed by atoms with Gasteiger partial charge in [0.2, 0.25) is 0 Å². The van der Waals surface area contributed by atoms with E-state index >= 15 is 0 Å². The molecule has 2 aromatic heterocycles. The number of nitrogens with one attached hydrogen (secondary N) is 1. The summed E-state index contributed by atoms with van der Waals surface area (Å²) in [5.74, 6) is -0.453. The number of para-hydroxylation sites is 2. The molecule has 6 nitrogen and oxygen atoms in total. The lowest BCUT2D eigenvalue weighted by atomic mass is 10.1. The topological polar surface area (TPSA) is 81.4 Å². The Labute approximate surface area is 171 Å². The molecule has 0 bridgehead atoms. The lowest BCUT2D eigenvalue weighted by Gasteiger charge is -2.12. The maximum atomic E-state index is 12.5. The average Bonchev–Trinajstić information content (AvgIpc) is 3.16. The van der Waals surface area contributed by atoms with E-state index in [0.29, 0.717) is 16.7 Å². The predicted octanol–water partition coefficient (Wildman–Crippen LogP) is 4.67. The van der Waals surface area contributed by atoms with Crippen molar-refractivity contribution in [2.24, 2.45) is 0 Å². The largest absolute Gasteiger partial charge is 0.459 e. The van der Waals surface area contributed by atoms with E-state index in [1.54, 1.807) is 31.2 Å². The van der Waals surface area contributed by atoms with Crippen LogP contribution in [0.5, 0.6) is 0 Å². The Balaban J connectivity index is 1.41. The van der Waals surface area contributed by atoms with E-state index in [9.17, 15) is 9.59 Å². The van der Waals surface area contributed by atoms with Gasteiger partial charge in [-0.2, -0.15) is 0 Å². The first-order valence-electron chi connectivity index (χ1n) is 9.01. The first kappa shape index (κ1) is 19.0. The summed E-state index contributed by atoms with van der Waals surface area (Å²) < 4.78 is 10.9. The minimum Gasteiger partial charge on any atom is -0.459 e. The van der Waals surface area contributed by atoms with Crippen LogP contribution in [0, 0.1) is 0 Å². The SMILES string of the molecule is C[C@@H](NC(=O)COC(=O)c1cc(Cl)nc2ccccc12)c1cc2ccccc2o1. The van der Waals surface area contributed by atoms with Gasteiger partial charge in [0.05, 0.1) is 17.1 Å². The Bertz CT molecular complexity index is 1180. The Morgan fingerprint density at radius 1 is 1.14 bits per heavy atom. The lowest BCUT2D eigenvalue weighted by molar-refractivity contribution is -0.125. The summed E-state index contributed by atoms with van der Waals surface area (Å²) in [5, 5.41) is 4.51. The van der Waals surface area contributed by atoms with E-state index in [2.05, 4.69) is 10.3 Å². The first-order chi connectivity index (χ1) is 14.0. The van der Waals surface area contributed by atoms with Crippen molar-refractivity contribution in [2.75, 3.05) is 6.61 Å². The first-order valence-corrected chi connectivity index (χ1v) is 9.39. The highest BCUT2D eigenvalue weighted by molar-refractivity contribution is 6.30. The molecule has 0 radical (unpaired) electrons. The van der Waals surface area contributed by atoms with Crippen LogP contribution in [0.15, 0.2) is 65.1 Å². The van der Waals surface area contributed by atoms with Crippen LogP contribution in [-0.2, 0) is 9.53 Å². The van der Waals surface area contributed by atoms with Crippen LogP contribution in [0.3, 0.4) is 0 Å². The molecular weight excluding hydrogens is 392 g/mol. The zero-order valence-electron chi connectivity index (χ0n) is 15.5. The molecule has 0 fully saturated rings. The summed E-state index contributed by atoms with van der Waals surface area (Å²) in [6, 6.07) is 17.6. The number of aromatic nitrogens is 1. The summed E-state index contributed by atoms with van der Waals surface area (Å²) in [5.41, 5.74) is 1.59. The van der Waals surface area contributed by atoms with Crippen molar-refractivity contribution in [3.05, 3.63) is 77.1 Å². The molecule has 146 valence electrons. The van der Waals surface area contributed by atoms with Crippen molar-refractivity contribution in [3.8, 4) is 0 Å². The van der Waals surface area contributed by atoms with E-state index in [1.807, 2.05) is 30.3 Å². The van der Waals surface area contributed by atoms with Crippen molar-refractivity contribution >= 4 is 45.3 Å². The smallest absolute Gasteiger partial charge is 0.339 e. The lowest BCUT2D eigenvalue weighted by Crippen LogP contribution is -2.31. The fraction of sp³-hybridized carbons (Fsp3) is 0.136. The molecule has 4 rings (SSSR count). The molecule has 0 saturated heterocycles. The number of halogens is 1. The number of hydrogen-bond donors (Lipinski definition) is 1. The third-order valence-corrected chi connectivity index (χ3v) is 4.68. The van der Waals surface area contributed by atoms with E-state index in [1.165, 1.54) is 6.07 Å². The Morgan fingerprint density at radius 2 is 1.90 bits per heavy atom. The van der Waals surface area contributed by atoms with Crippen LogP contribution < -0.4 is 5.32 Å². The number of esters is 1. The highest BCUT2D eigenvalue weighted by atomic mass is 35.5. The fourth-order valence-corrected chi connectivity index (χ4v) is 3.29. The van der Waals surface area contributed by atoms with Gasteiger partial charge in [0, 0.05) is 10.8 Å². The Kier molecular flexibility index (Phi) is 5.18. The molecule has 0 unspecified atom stereocenters. The summed E-state index contributed by atoms with van der Waals surface area (Å²) in [7, 11) is 0. The minimum absolute atomic E-state index is 0.179. The second-order valence-corrected chi connectivity index (χ2v) is 6.95. The number of carbonyl (C=O) groups excluding carboxylic acids is 2. The second kappa shape index (κ2) is 7.93. The summed E-state index contributed by atoms with van der Waals surface area (Å²) >= 11 is 5.99. The molecule has 0 aliphatic heterocycles. The summed E-state index contributed by atoms with van der Waals surface area (Å²) in [6.07, 6.45) is 0. The van der Waals surface area contributed by atoms with Gasteiger partial charge in [-0.05, 0) is 31.2 Å². The standard InChI is InChI=1S/C22H17ClN2O4/c1-13(19-10-14-6-2-5-9-18(14)29-19)24-21(26)12-28-22(27)16-11-20(23)25-17-8-4-3-7-15(16)17/h2-11,13H,12H2,1H3,(H,24,26)/t13-/m1/s1. The molecule has 7 heteroatoms. The number of hydrogen-bond acceptors (Lipinski definition) is 5. The average molecular weight is 409 g/mol. The maximum absolute atomic E-state index is 12.5. The number of nitrogens with zero attached hydrogens (tertiary/aromatic N) is 1. The van der Waals surface area contributed by atoms with Gasteiger partial charge in [0.15, 0.2) is 6.61 Å². The van der Waals surface area contributed by atoms with Gasteiger partial charge >= 0.3 is 5.97 Å². The third kappa shape index (κ3) is 4.07. The fourth-order valence-electron chi connectivity index (χ4n) is 3.09. The van der Waals surface area contributed by atoms with Crippen LogP contribution in [0.4, 0.5) is 0 Å². The van der Waals surface area contributed by atoms with E-state index < -0.39 is 18.5 Å². The molecule has 0 aliphatic rings. The number of fused-ring (bicyclic) bond motifs is 2. The molecule has 1 amide bonds. The number of rotatable bonds is 5. The Morgan fingerprint density at radius 3 is 2.72 bits per heavy atom. The quantitative estimate of drug-likeness (QED) is 0.383. The van der Waals surface area contributed by atoms with Crippen LogP contribution in [0.2, 0.25) is 5.15 Å². The number of benzene rings is 2. The van der Waals surface area contributed by atoms with E-state index in [0.717, 1.165) is 11.0 Å². The zero-order chi connectivity index (χ0) is 20.4. The van der Waals surface area contributed by atoms with Gasteiger partial charge in [0.1, 0.15) is 16.5 Å². The van der Waals surface area contributed by atoms with Crippen LogP contribution in [-0.4, -0.2) is 23.5 Å². The number of ether oxygens (including phenoxy) is 1. The van der Waals surface area contributed by atoms with Crippen LogP contribution >= 0.6 is 11.6 Å². The van der Waals surface area contributed by atoms with Crippen molar-refractivity contribution < 1.29 is 18.7 Å². The van der Waals surface area contributed by atoms with Gasteiger partial charge in [-0.1, -0.05) is 48.0 Å².